The highest BCUT2D eigenvalue weighted by Crippen LogP contribution is 2.36. The summed E-state index contributed by atoms with van der Waals surface area (Å²) in [6.45, 7) is 5.89. The van der Waals surface area contributed by atoms with Crippen LogP contribution in [0, 0.1) is 32.4 Å². The Morgan fingerprint density at radius 1 is 0.879 bits per heavy atom. The molecule has 0 aliphatic carbocycles. The molecular formula is C26H23F2N3O2. The summed E-state index contributed by atoms with van der Waals surface area (Å²) in [5, 5.41) is 5.78. The first-order chi connectivity index (χ1) is 15.7. The molecule has 1 heterocycles. The molecule has 0 fully saturated rings. The molecule has 0 saturated heterocycles. The van der Waals surface area contributed by atoms with Gasteiger partial charge in [-0.2, -0.15) is 0 Å². The van der Waals surface area contributed by atoms with E-state index in [0.717, 1.165) is 45.3 Å². The van der Waals surface area contributed by atoms with Crippen LogP contribution >= 0.6 is 0 Å². The summed E-state index contributed by atoms with van der Waals surface area (Å²) >= 11 is 0. The number of halogens is 2. The zero-order valence-electron chi connectivity index (χ0n) is 18.7. The number of pyridine rings is 1. The molecule has 0 bridgehead atoms. The molecule has 0 atom stereocenters. The van der Waals surface area contributed by atoms with Crippen LogP contribution in [0.15, 0.2) is 59.4 Å². The first kappa shape index (κ1) is 22.2. The van der Waals surface area contributed by atoms with Gasteiger partial charge in [-0.05, 0) is 67.3 Å². The quantitative estimate of drug-likeness (QED) is 0.401. The molecule has 7 heteroatoms. The Morgan fingerprint density at radius 2 is 1.58 bits per heavy atom. The van der Waals surface area contributed by atoms with Gasteiger partial charge in [-0.3, -0.25) is 4.79 Å². The van der Waals surface area contributed by atoms with Gasteiger partial charge >= 0.3 is 6.03 Å². The number of nitrogens with one attached hydrogen (secondary N) is 2. The van der Waals surface area contributed by atoms with E-state index in [1.165, 1.54) is 4.57 Å². The van der Waals surface area contributed by atoms with E-state index in [1.807, 2.05) is 57.2 Å². The largest absolute Gasteiger partial charge is 0.323 e. The summed E-state index contributed by atoms with van der Waals surface area (Å²) in [6, 6.07) is 13.6. The van der Waals surface area contributed by atoms with Crippen molar-refractivity contribution in [1.29, 1.82) is 0 Å². The monoisotopic (exact) mass is 447 g/mol. The fraction of sp³-hybridized carbons (Fsp3) is 0.154. The number of aryl methyl sites for hydroxylation is 4. The zero-order chi connectivity index (χ0) is 23.9. The molecule has 1 aromatic heterocycles. The fourth-order valence-electron chi connectivity index (χ4n) is 3.90. The summed E-state index contributed by atoms with van der Waals surface area (Å²) in [4.78, 5) is 26.2. The van der Waals surface area contributed by atoms with Crippen molar-refractivity contribution in [2.24, 2.45) is 7.05 Å². The van der Waals surface area contributed by atoms with Gasteiger partial charge in [0.2, 0.25) is 0 Å². The predicted octanol–water partition coefficient (Wildman–Crippen LogP) is 6.05. The van der Waals surface area contributed by atoms with E-state index in [2.05, 4.69) is 10.6 Å². The Labute approximate surface area is 189 Å². The lowest BCUT2D eigenvalue weighted by molar-refractivity contribution is 0.262. The predicted molar refractivity (Wildman–Crippen MR) is 128 cm³/mol. The van der Waals surface area contributed by atoms with Crippen molar-refractivity contribution in [2.45, 2.75) is 20.8 Å². The number of amides is 2. The molecule has 5 nitrogen and oxygen atoms in total. The summed E-state index contributed by atoms with van der Waals surface area (Å²) in [5.41, 5.74) is 4.60. The van der Waals surface area contributed by atoms with Gasteiger partial charge < -0.3 is 15.2 Å². The summed E-state index contributed by atoms with van der Waals surface area (Å²) in [5.74, 6) is -1.67. The molecule has 33 heavy (non-hydrogen) atoms. The number of nitrogens with zero attached hydrogens (tertiary/aromatic N) is 1. The van der Waals surface area contributed by atoms with Crippen molar-refractivity contribution < 1.29 is 13.6 Å². The fourth-order valence-corrected chi connectivity index (χ4v) is 3.90. The maximum Gasteiger partial charge on any atom is 0.323 e. The van der Waals surface area contributed by atoms with Gasteiger partial charge in [-0.1, -0.05) is 24.3 Å². The SMILES string of the molecule is Cc1cc2c(-c3ccccc3C)c(NC(=O)Nc3ccc(F)cc3F)c(=O)n(C)c2cc1C. The van der Waals surface area contributed by atoms with E-state index in [1.54, 1.807) is 7.05 Å². The highest BCUT2D eigenvalue weighted by atomic mass is 19.1. The zero-order valence-corrected chi connectivity index (χ0v) is 18.7. The van der Waals surface area contributed by atoms with E-state index in [9.17, 15) is 18.4 Å². The molecule has 4 aromatic rings. The molecule has 0 unspecified atom stereocenters. The molecule has 4 rings (SSSR count). The number of carbonyl (C=O) groups is 1. The molecule has 0 aliphatic heterocycles. The van der Waals surface area contributed by atoms with Gasteiger partial charge in [0.05, 0.1) is 11.2 Å². The number of hydrogen-bond acceptors (Lipinski definition) is 2. The molecular weight excluding hydrogens is 424 g/mol. The number of rotatable bonds is 3. The van der Waals surface area contributed by atoms with Crippen molar-refractivity contribution >= 4 is 28.3 Å². The van der Waals surface area contributed by atoms with Crippen LogP contribution in [-0.2, 0) is 7.05 Å². The summed E-state index contributed by atoms with van der Waals surface area (Å²) in [6.07, 6.45) is 0. The van der Waals surface area contributed by atoms with Crippen molar-refractivity contribution in [3.63, 3.8) is 0 Å². The maximum atomic E-state index is 14.0. The minimum absolute atomic E-state index is 0.0718. The minimum Gasteiger partial charge on any atom is -0.310 e. The normalized spacial score (nSPS) is 11.0. The summed E-state index contributed by atoms with van der Waals surface area (Å²) < 4.78 is 28.7. The Bertz CT molecular complexity index is 1480. The average molecular weight is 447 g/mol. The second-order valence-corrected chi connectivity index (χ2v) is 8.09. The van der Waals surface area contributed by atoms with Gasteiger partial charge in [0, 0.05) is 24.1 Å². The lowest BCUT2D eigenvalue weighted by Gasteiger charge is -2.19. The van der Waals surface area contributed by atoms with Crippen molar-refractivity contribution in [1.82, 2.24) is 4.57 Å². The third-order valence-corrected chi connectivity index (χ3v) is 5.84. The maximum absolute atomic E-state index is 14.0. The smallest absolute Gasteiger partial charge is 0.310 e. The first-order valence-electron chi connectivity index (χ1n) is 10.4. The molecule has 0 saturated carbocycles. The Morgan fingerprint density at radius 3 is 2.27 bits per heavy atom. The minimum atomic E-state index is -0.915. The van der Waals surface area contributed by atoms with Crippen molar-refractivity contribution in [3.8, 4) is 11.1 Å². The van der Waals surface area contributed by atoms with E-state index in [-0.39, 0.29) is 11.4 Å². The van der Waals surface area contributed by atoms with Crippen LogP contribution in [0.25, 0.3) is 22.0 Å². The van der Waals surface area contributed by atoms with Crippen LogP contribution in [0.3, 0.4) is 0 Å². The molecule has 0 aliphatic rings. The van der Waals surface area contributed by atoms with E-state index in [4.69, 9.17) is 0 Å². The number of urea groups is 1. The lowest BCUT2D eigenvalue weighted by atomic mass is 9.93. The van der Waals surface area contributed by atoms with Crippen LogP contribution in [0.5, 0.6) is 0 Å². The number of benzene rings is 3. The van der Waals surface area contributed by atoms with Gasteiger partial charge in [-0.25, -0.2) is 13.6 Å². The first-order valence-corrected chi connectivity index (χ1v) is 10.4. The van der Waals surface area contributed by atoms with E-state index in [0.29, 0.717) is 11.6 Å². The molecule has 3 aromatic carbocycles. The molecule has 168 valence electrons. The summed E-state index contributed by atoms with van der Waals surface area (Å²) in [7, 11) is 1.64. The molecule has 2 amide bonds. The molecule has 2 N–H and O–H groups in total. The molecule has 0 spiro atoms. The Balaban J connectivity index is 1.92. The van der Waals surface area contributed by atoms with Crippen LogP contribution in [0.1, 0.15) is 16.7 Å². The van der Waals surface area contributed by atoms with E-state index >= 15 is 0 Å². The Hall–Kier alpha value is -4.00. The number of hydrogen-bond donors (Lipinski definition) is 2. The highest BCUT2D eigenvalue weighted by molar-refractivity contribution is 6.08. The second kappa shape index (κ2) is 8.50. The van der Waals surface area contributed by atoms with E-state index < -0.39 is 23.2 Å². The van der Waals surface area contributed by atoms with Gasteiger partial charge in [0.1, 0.15) is 17.3 Å². The average Bonchev–Trinajstić information content (AvgIpc) is 2.76. The number of anilines is 2. The van der Waals surface area contributed by atoms with Gasteiger partial charge in [-0.15, -0.1) is 0 Å². The number of fused-ring (bicyclic) bond motifs is 1. The van der Waals surface area contributed by atoms with Crippen LogP contribution in [0.4, 0.5) is 25.0 Å². The van der Waals surface area contributed by atoms with Crippen LogP contribution in [-0.4, -0.2) is 10.6 Å². The third-order valence-electron chi connectivity index (χ3n) is 5.84. The highest BCUT2D eigenvalue weighted by Gasteiger charge is 2.21. The van der Waals surface area contributed by atoms with Crippen LogP contribution < -0.4 is 16.2 Å². The third kappa shape index (κ3) is 4.09. The number of carbonyl (C=O) groups excluding carboxylic acids is 1. The molecule has 0 radical (unpaired) electrons. The standard InChI is InChI=1S/C26H23F2N3O2/c1-14-7-5-6-8-18(14)23-19-11-15(2)16(3)12-22(19)31(4)25(32)24(23)30-26(33)29-21-10-9-17(27)13-20(21)28/h5-13H,1-4H3,(H2,29,30,33). The number of aromatic nitrogens is 1. The van der Waals surface area contributed by atoms with Gasteiger partial charge in [0.15, 0.2) is 0 Å². The Kier molecular flexibility index (Phi) is 5.72. The van der Waals surface area contributed by atoms with Crippen LogP contribution in [0.2, 0.25) is 0 Å². The lowest BCUT2D eigenvalue weighted by Crippen LogP contribution is -2.28. The second-order valence-electron chi connectivity index (χ2n) is 8.09. The topological polar surface area (TPSA) is 63.1 Å². The van der Waals surface area contributed by atoms with Gasteiger partial charge in [0.25, 0.3) is 5.56 Å². The van der Waals surface area contributed by atoms with Crippen molar-refractivity contribution in [2.75, 3.05) is 10.6 Å². The van der Waals surface area contributed by atoms with Crippen molar-refractivity contribution in [3.05, 3.63) is 93.3 Å².